The van der Waals surface area contributed by atoms with Crippen molar-refractivity contribution in [1.82, 2.24) is 0 Å². The summed E-state index contributed by atoms with van der Waals surface area (Å²) < 4.78 is 28.2. The first-order valence-corrected chi connectivity index (χ1v) is 6.16. The first-order chi connectivity index (χ1) is 5.57. The van der Waals surface area contributed by atoms with Crippen LogP contribution in [-0.2, 0) is 22.0 Å². The van der Waals surface area contributed by atoms with Crippen LogP contribution >= 0.6 is 15.9 Å². The molecule has 0 aromatic carbocycles. The molecule has 0 fully saturated rings. The number of rotatable bonds is 0. The Bertz CT molecular complexity index is 404. The summed E-state index contributed by atoms with van der Waals surface area (Å²) in [6, 6.07) is 1.73. The number of hydrogen-bond acceptors (Lipinski definition) is 3. The van der Waals surface area contributed by atoms with Crippen LogP contribution in [-0.4, -0.2) is 14.2 Å². The second-order valence-electron chi connectivity index (χ2n) is 2.84. The lowest BCUT2D eigenvalue weighted by atomic mass is 10.2. The molecule has 0 atom stereocenters. The number of halogens is 1. The number of sulfone groups is 1. The molecule has 1 aliphatic rings. The Morgan fingerprint density at radius 1 is 1.50 bits per heavy atom. The van der Waals surface area contributed by atoms with E-state index in [4.69, 9.17) is 4.42 Å². The third-order valence-corrected chi connectivity index (χ3v) is 3.85. The van der Waals surface area contributed by atoms with E-state index >= 15 is 0 Å². The van der Waals surface area contributed by atoms with Gasteiger partial charge in [0.15, 0.2) is 14.5 Å². The lowest BCUT2D eigenvalue weighted by Crippen LogP contribution is -2.17. The third-order valence-electron chi connectivity index (χ3n) is 1.88. The van der Waals surface area contributed by atoms with Crippen LogP contribution in [0.3, 0.4) is 0 Å². The molecule has 0 radical (unpaired) electrons. The molecule has 0 amide bonds. The van der Waals surface area contributed by atoms with Crippen molar-refractivity contribution in [3.8, 4) is 0 Å². The number of furan rings is 1. The molecule has 2 rings (SSSR count). The minimum Gasteiger partial charge on any atom is -0.454 e. The molecule has 0 aliphatic carbocycles. The molecule has 2 heterocycles. The van der Waals surface area contributed by atoms with Crippen LogP contribution in [0.2, 0.25) is 0 Å². The van der Waals surface area contributed by atoms with Gasteiger partial charge in [0, 0.05) is 12.0 Å². The number of fused-ring (bicyclic) bond motifs is 1. The van der Waals surface area contributed by atoms with Gasteiger partial charge in [-0.05, 0) is 22.0 Å². The maximum absolute atomic E-state index is 11.2. The molecule has 5 heteroatoms. The highest BCUT2D eigenvalue weighted by Gasteiger charge is 2.24. The van der Waals surface area contributed by atoms with E-state index < -0.39 is 9.84 Å². The summed E-state index contributed by atoms with van der Waals surface area (Å²) in [4.78, 5) is 0. The van der Waals surface area contributed by atoms with Crippen molar-refractivity contribution in [2.75, 3.05) is 5.75 Å². The molecule has 0 spiro atoms. The Hall–Kier alpha value is -0.290. The molecule has 1 aliphatic heterocycles. The summed E-state index contributed by atoms with van der Waals surface area (Å²) in [6.07, 6.45) is 0.503. The van der Waals surface area contributed by atoms with Gasteiger partial charge in [0.05, 0.1) is 11.5 Å². The van der Waals surface area contributed by atoms with Crippen molar-refractivity contribution >= 4 is 25.8 Å². The zero-order valence-corrected chi connectivity index (χ0v) is 8.61. The molecule has 0 bridgehead atoms. The van der Waals surface area contributed by atoms with E-state index in [0.29, 0.717) is 11.1 Å². The quantitative estimate of drug-likeness (QED) is 0.702. The fourth-order valence-electron chi connectivity index (χ4n) is 1.32. The first kappa shape index (κ1) is 8.31. The van der Waals surface area contributed by atoms with Crippen LogP contribution in [0, 0.1) is 0 Å². The van der Waals surface area contributed by atoms with Crippen LogP contribution in [0.5, 0.6) is 0 Å². The van der Waals surface area contributed by atoms with Gasteiger partial charge in [-0.1, -0.05) is 0 Å². The molecule has 0 saturated carbocycles. The van der Waals surface area contributed by atoms with Gasteiger partial charge >= 0.3 is 0 Å². The van der Waals surface area contributed by atoms with Crippen LogP contribution < -0.4 is 0 Å². The lowest BCUT2D eigenvalue weighted by Gasteiger charge is -2.09. The summed E-state index contributed by atoms with van der Waals surface area (Å²) in [6.45, 7) is 0. The van der Waals surface area contributed by atoms with Crippen LogP contribution in [0.4, 0.5) is 0 Å². The standard InChI is InChI=1S/C7H7BrO3S/c8-7-3-5-4-12(9,10)2-1-6(5)11-7/h3H,1-2,4H2. The Morgan fingerprint density at radius 3 is 3.00 bits per heavy atom. The van der Waals surface area contributed by atoms with Crippen molar-refractivity contribution in [2.45, 2.75) is 12.2 Å². The van der Waals surface area contributed by atoms with Crippen molar-refractivity contribution in [3.05, 3.63) is 22.1 Å². The molecule has 1 aromatic rings. The fourth-order valence-corrected chi connectivity index (χ4v) is 3.15. The third kappa shape index (κ3) is 1.43. The minimum absolute atomic E-state index is 0.122. The molecule has 0 unspecified atom stereocenters. The summed E-state index contributed by atoms with van der Waals surface area (Å²) in [5.41, 5.74) is 0.799. The molecular weight excluding hydrogens is 244 g/mol. The molecule has 12 heavy (non-hydrogen) atoms. The van der Waals surface area contributed by atoms with Crippen LogP contribution in [0.15, 0.2) is 15.2 Å². The zero-order chi connectivity index (χ0) is 8.77. The average Bonchev–Trinajstić information content (AvgIpc) is 2.26. The van der Waals surface area contributed by atoms with Gasteiger partial charge in [0.1, 0.15) is 5.76 Å². The Kier molecular flexibility index (Phi) is 1.80. The minimum atomic E-state index is -2.86. The maximum Gasteiger partial charge on any atom is 0.169 e. The molecule has 66 valence electrons. The summed E-state index contributed by atoms with van der Waals surface area (Å²) in [7, 11) is -2.86. The normalized spacial score (nSPS) is 20.4. The van der Waals surface area contributed by atoms with Crippen molar-refractivity contribution in [3.63, 3.8) is 0 Å². The average molecular weight is 251 g/mol. The van der Waals surface area contributed by atoms with Gasteiger partial charge in [0.25, 0.3) is 0 Å². The topological polar surface area (TPSA) is 47.3 Å². The second kappa shape index (κ2) is 2.60. The second-order valence-corrected chi connectivity index (χ2v) is 5.81. The van der Waals surface area contributed by atoms with E-state index in [1.165, 1.54) is 0 Å². The Balaban J connectivity index is 2.47. The monoisotopic (exact) mass is 250 g/mol. The molecule has 0 N–H and O–H groups in total. The van der Waals surface area contributed by atoms with E-state index in [9.17, 15) is 8.42 Å². The predicted molar refractivity (Wildman–Crippen MR) is 47.6 cm³/mol. The van der Waals surface area contributed by atoms with Gasteiger partial charge in [-0.25, -0.2) is 8.42 Å². The van der Waals surface area contributed by atoms with E-state index in [2.05, 4.69) is 15.9 Å². The van der Waals surface area contributed by atoms with Gasteiger partial charge in [-0.2, -0.15) is 0 Å². The maximum atomic E-state index is 11.2. The van der Waals surface area contributed by atoms with Gasteiger partial charge < -0.3 is 4.42 Å². The van der Waals surface area contributed by atoms with E-state index in [-0.39, 0.29) is 11.5 Å². The van der Waals surface area contributed by atoms with Gasteiger partial charge in [-0.3, -0.25) is 0 Å². The first-order valence-electron chi connectivity index (χ1n) is 3.54. The van der Waals surface area contributed by atoms with Gasteiger partial charge in [0.2, 0.25) is 0 Å². The smallest absolute Gasteiger partial charge is 0.169 e. The number of hydrogen-bond donors (Lipinski definition) is 0. The molecule has 0 saturated heterocycles. The van der Waals surface area contributed by atoms with Crippen LogP contribution in [0.25, 0.3) is 0 Å². The fraction of sp³-hybridized carbons (Fsp3) is 0.429. The zero-order valence-electron chi connectivity index (χ0n) is 6.21. The molecule has 3 nitrogen and oxygen atoms in total. The highest BCUT2D eigenvalue weighted by atomic mass is 79.9. The van der Waals surface area contributed by atoms with Crippen molar-refractivity contribution in [1.29, 1.82) is 0 Å². The Morgan fingerprint density at radius 2 is 2.25 bits per heavy atom. The van der Waals surface area contributed by atoms with Crippen LogP contribution in [0.1, 0.15) is 11.3 Å². The largest absolute Gasteiger partial charge is 0.454 e. The van der Waals surface area contributed by atoms with E-state index in [1.807, 2.05) is 0 Å². The number of aryl methyl sites for hydroxylation is 1. The van der Waals surface area contributed by atoms with E-state index in [1.54, 1.807) is 6.07 Å². The lowest BCUT2D eigenvalue weighted by molar-refractivity contribution is 0.485. The summed E-state index contributed by atoms with van der Waals surface area (Å²) in [5.74, 6) is 1.13. The SMILES string of the molecule is O=S1(=O)CCc2oc(Br)cc2C1. The van der Waals surface area contributed by atoms with Gasteiger partial charge in [-0.15, -0.1) is 0 Å². The predicted octanol–water partition coefficient (Wildman–Crippen LogP) is 1.51. The highest BCUT2D eigenvalue weighted by molar-refractivity contribution is 9.10. The summed E-state index contributed by atoms with van der Waals surface area (Å²) in [5, 5.41) is 0. The molecular formula is C7H7BrO3S. The van der Waals surface area contributed by atoms with Crippen molar-refractivity contribution < 1.29 is 12.8 Å². The Labute approximate surface area is 78.8 Å². The molecule has 1 aromatic heterocycles. The van der Waals surface area contributed by atoms with Crippen molar-refractivity contribution in [2.24, 2.45) is 0 Å². The summed E-state index contributed by atoms with van der Waals surface area (Å²) >= 11 is 3.17. The highest BCUT2D eigenvalue weighted by Crippen LogP contribution is 2.26. The van der Waals surface area contributed by atoms with E-state index in [0.717, 1.165) is 11.3 Å².